The van der Waals surface area contributed by atoms with Crippen molar-refractivity contribution in [1.29, 1.82) is 0 Å². The predicted molar refractivity (Wildman–Crippen MR) is 51.7 cm³/mol. The fraction of sp³-hybridized carbons (Fsp3) is 0.222. The second-order valence-corrected chi connectivity index (χ2v) is 2.92. The highest BCUT2D eigenvalue weighted by atomic mass is 35.5. The number of methoxy groups -OCH3 is 1. The van der Waals surface area contributed by atoms with Crippen LogP contribution >= 0.6 is 11.6 Å². The molecule has 0 atom stereocenters. The number of rotatable bonds is 3. The zero-order chi connectivity index (χ0) is 9.68. The monoisotopic (exact) mass is 199 g/mol. The number of benzene rings is 1. The predicted octanol–water partition coefficient (Wildman–Crippen LogP) is 2.16. The molecule has 3 nitrogen and oxygen atoms in total. The summed E-state index contributed by atoms with van der Waals surface area (Å²) in [5, 5.41) is 12.4. The quantitative estimate of drug-likeness (QED) is 0.461. The first-order valence-corrected chi connectivity index (χ1v) is 4.11. The van der Waals surface area contributed by atoms with Crippen LogP contribution in [0.15, 0.2) is 29.4 Å². The van der Waals surface area contributed by atoms with Gasteiger partial charge in [0.05, 0.1) is 6.61 Å². The maximum atomic E-state index is 8.65. The maximum Gasteiger partial charge on any atom is 0.112 e. The molecular formula is C9H10ClNO2. The molecule has 0 aromatic heterocycles. The molecule has 0 spiro atoms. The van der Waals surface area contributed by atoms with Crippen molar-refractivity contribution in [3.63, 3.8) is 0 Å². The van der Waals surface area contributed by atoms with Crippen LogP contribution in [0, 0.1) is 0 Å². The van der Waals surface area contributed by atoms with E-state index in [1.807, 2.05) is 0 Å². The molecule has 0 aliphatic rings. The van der Waals surface area contributed by atoms with Gasteiger partial charge in [-0.25, -0.2) is 0 Å². The summed E-state index contributed by atoms with van der Waals surface area (Å²) in [6.07, 6.45) is 0. The highest BCUT2D eigenvalue weighted by Gasteiger charge is 2.02. The van der Waals surface area contributed by atoms with Gasteiger partial charge in [0.15, 0.2) is 0 Å². The third-order valence-corrected chi connectivity index (χ3v) is 1.83. The molecule has 1 N–H and O–H groups in total. The van der Waals surface area contributed by atoms with Crippen molar-refractivity contribution in [3.05, 3.63) is 34.9 Å². The summed E-state index contributed by atoms with van der Waals surface area (Å²) >= 11 is 5.70. The summed E-state index contributed by atoms with van der Waals surface area (Å²) in [6, 6.07) is 7.02. The molecule has 0 heterocycles. The molecule has 1 aromatic carbocycles. The molecule has 4 heteroatoms. The van der Waals surface area contributed by atoms with E-state index in [1.165, 1.54) is 0 Å². The largest absolute Gasteiger partial charge is 0.411 e. The van der Waals surface area contributed by atoms with E-state index in [1.54, 1.807) is 31.4 Å². The van der Waals surface area contributed by atoms with Crippen molar-refractivity contribution in [2.24, 2.45) is 5.16 Å². The summed E-state index contributed by atoms with van der Waals surface area (Å²) in [4.78, 5) is 0. The molecule has 70 valence electrons. The van der Waals surface area contributed by atoms with E-state index in [4.69, 9.17) is 21.5 Å². The van der Waals surface area contributed by atoms with Crippen molar-refractivity contribution >= 4 is 17.3 Å². The Bertz CT molecular complexity index is 295. The van der Waals surface area contributed by atoms with Crippen LogP contribution in [0.4, 0.5) is 0 Å². The van der Waals surface area contributed by atoms with Crippen LogP contribution in [0.25, 0.3) is 0 Å². The van der Waals surface area contributed by atoms with Gasteiger partial charge in [0.2, 0.25) is 0 Å². The van der Waals surface area contributed by atoms with Gasteiger partial charge in [-0.05, 0) is 12.1 Å². The van der Waals surface area contributed by atoms with Gasteiger partial charge in [0.1, 0.15) is 5.71 Å². The highest BCUT2D eigenvalue weighted by molar-refractivity contribution is 6.30. The van der Waals surface area contributed by atoms with Gasteiger partial charge in [0, 0.05) is 17.7 Å². The van der Waals surface area contributed by atoms with Gasteiger partial charge in [-0.3, -0.25) is 0 Å². The summed E-state index contributed by atoms with van der Waals surface area (Å²) in [5.74, 6) is 0. The lowest BCUT2D eigenvalue weighted by atomic mass is 10.1. The average Bonchev–Trinajstić information content (AvgIpc) is 2.16. The van der Waals surface area contributed by atoms with Crippen molar-refractivity contribution in [3.8, 4) is 0 Å². The van der Waals surface area contributed by atoms with E-state index in [-0.39, 0.29) is 6.61 Å². The summed E-state index contributed by atoms with van der Waals surface area (Å²) in [6.45, 7) is 0.276. The molecule has 0 saturated carbocycles. The Balaban J connectivity index is 2.87. The lowest BCUT2D eigenvalue weighted by molar-refractivity contribution is 0.238. The van der Waals surface area contributed by atoms with Crippen LogP contribution in [0.1, 0.15) is 5.56 Å². The van der Waals surface area contributed by atoms with E-state index in [9.17, 15) is 0 Å². The Morgan fingerprint density at radius 1 is 1.46 bits per heavy atom. The minimum Gasteiger partial charge on any atom is -0.411 e. The van der Waals surface area contributed by atoms with Crippen LogP contribution in [0.3, 0.4) is 0 Å². The van der Waals surface area contributed by atoms with E-state index >= 15 is 0 Å². The zero-order valence-corrected chi connectivity index (χ0v) is 7.95. The first-order valence-electron chi connectivity index (χ1n) is 3.73. The van der Waals surface area contributed by atoms with Crippen LogP contribution in [-0.2, 0) is 4.74 Å². The second-order valence-electron chi connectivity index (χ2n) is 2.49. The molecule has 1 aromatic rings. The van der Waals surface area contributed by atoms with Crippen molar-refractivity contribution in [2.45, 2.75) is 0 Å². The van der Waals surface area contributed by atoms with Crippen LogP contribution in [0.2, 0.25) is 5.02 Å². The van der Waals surface area contributed by atoms with E-state index in [2.05, 4.69) is 5.16 Å². The van der Waals surface area contributed by atoms with Crippen LogP contribution in [0.5, 0.6) is 0 Å². The van der Waals surface area contributed by atoms with Gasteiger partial charge in [-0.1, -0.05) is 28.9 Å². The van der Waals surface area contributed by atoms with Gasteiger partial charge in [0.25, 0.3) is 0 Å². The Kier molecular flexibility index (Phi) is 3.73. The lowest BCUT2D eigenvalue weighted by Crippen LogP contribution is -2.08. The first kappa shape index (κ1) is 10.0. The van der Waals surface area contributed by atoms with Crippen molar-refractivity contribution in [2.75, 3.05) is 13.7 Å². The second kappa shape index (κ2) is 4.84. The smallest absolute Gasteiger partial charge is 0.112 e. The Hall–Kier alpha value is -1.06. The van der Waals surface area contributed by atoms with Gasteiger partial charge >= 0.3 is 0 Å². The molecule has 0 amide bonds. The van der Waals surface area contributed by atoms with Gasteiger partial charge < -0.3 is 9.94 Å². The number of oxime groups is 1. The molecular weight excluding hydrogens is 190 g/mol. The standard InChI is InChI=1S/C9H10ClNO2/c1-13-6-9(11-12)7-2-4-8(10)5-3-7/h2-5,12H,6H2,1H3. The molecule has 0 saturated heterocycles. The van der Waals surface area contributed by atoms with E-state index in [0.29, 0.717) is 10.7 Å². The number of hydrogen-bond acceptors (Lipinski definition) is 3. The Morgan fingerprint density at radius 3 is 2.54 bits per heavy atom. The molecule has 13 heavy (non-hydrogen) atoms. The van der Waals surface area contributed by atoms with Crippen molar-refractivity contribution in [1.82, 2.24) is 0 Å². The first-order chi connectivity index (χ1) is 6.27. The number of halogens is 1. The SMILES string of the molecule is COCC(=NO)c1ccc(Cl)cc1. The molecule has 0 unspecified atom stereocenters. The Labute approximate surface area is 81.6 Å². The lowest BCUT2D eigenvalue weighted by Gasteiger charge is -2.02. The number of ether oxygens (including phenoxy) is 1. The topological polar surface area (TPSA) is 41.8 Å². The van der Waals surface area contributed by atoms with E-state index in [0.717, 1.165) is 5.56 Å². The van der Waals surface area contributed by atoms with Crippen LogP contribution in [-0.4, -0.2) is 24.6 Å². The average molecular weight is 200 g/mol. The molecule has 0 radical (unpaired) electrons. The summed E-state index contributed by atoms with van der Waals surface area (Å²) in [5.41, 5.74) is 1.29. The van der Waals surface area contributed by atoms with Crippen molar-refractivity contribution < 1.29 is 9.94 Å². The zero-order valence-electron chi connectivity index (χ0n) is 7.20. The summed E-state index contributed by atoms with van der Waals surface area (Å²) < 4.78 is 4.86. The molecule has 0 bridgehead atoms. The molecule has 0 aliphatic heterocycles. The maximum absolute atomic E-state index is 8.65. The van der Waals surface area contributed by atoms with E-state index < -0.39 is 0 Å². The fourth-order valence-electron chi connectivity index (χ4n) is 0.949. The molecule has 0 fully saturated rings. The Morgan fingerprint density at radius 2 is 2.08 bits per heavy atom. The fourth-order valence-corrected chi connectivity index (χ4v) is 1.07. The van der Waals surface area contributed by atoms with Gasteiger partial charge in [-0.15, -0.1) is 0 Å². The van der Waals surface area contributed by atoms with Crippen LogP contribution < -0.4 is 0 Å². The molecule has 0 aliphatic carbocycles. The number of hydrogen-bond donors (Lipinski definition) is 1. The summed E-state index contributed by atoms with van der Waals surface area (Å²) in [7, 11) is 1.54. The molecule has 1 rings (SSSR count). The highest BCUT2D eigenvalue weighted by Crippen LogP contribution is 2.10. The normalized spacial score (nSPS) is 11.7. The third-order valence-electron chi connectivity index (χ3n) is 1.58. The minimum atomic E-state index is 0.276. The minimum absolute atomic E-state index is 0.276. The van der Waals surface area contributed by atoms with Gasteiger partial charge in [-0.2, -0.15) is 0 Å². The third kappa shape index (κ3) is 2.72. The number of nitrogens with zero attached hydrogens (tertiary/aromatic N) is 1.